The van der Waals surface area contributed by atoms with E-state index < -0.39 is 0 Å². The first-order valence-corrected chi connectivity index (χ1v) is 8.81. The molecule has 0 bridgehead atoms. The van der Waals surface area contributed by atoms with Crippen molar-refractivity contribution < 1.29 is 9.59 Å². The van der Waals surface area contributed by atoms with E-state index in [1.54, 1.807) is 29.0 Å². The van der Waals surface area contributed by atoms with Crippen molar-refractivity contribution in [2.75, 3.05) is 6.54 Å². The summed E-state index contributed by atoms with van der Waals surface area (Å²) in [7, 11) is 1.77. The van der Waals surface area contributed by atoms with Gasteiger partial charge < -0.3 is 10.2 Å². The molecule has 0 aromatic carbocycles. The van der Waals surface area contributed by atoms with Crippen LogP contribution in [0.2, 0.25) is 0 Å². The molecule has 2 N–H and O–H groups in total. The lowest BCUT2D eigenvalue weighted by Gasteiger charge is -2.21. The van der Waals surface area contributed by atoms with Crippen molar-refractivity contribution in [1.29, 1.82) is 0 Å². The highest BCUT2D eigenvalue weighted by atomic mass is 16.2. The summed E-state index contributed by atoms with van der Waals surface area (Å²) in [6.07, 6.45) is 4.30. The molecule has 140 valence electrons. The Morgan fingerprint density at radius 3 is 2.77 bits per heavy atom. The van der Waals surface area contributed by atoms with Crippen LogP contribution in [0.5, 0.6) is 0 Å². The van der Waals surface area contributed by atoms with Gasteiger partial charge in [0.15, 0.2) is 5.82 Å². The summed E-state index contributed by atoms with van der Waals surface area (Å²) in [5.41, 5.74) is 0.513. The van der Waals surface area contributed by atoms with Crippen LogP contribution < -0.4 is 5.32 Å². The summed E-state index contributed by atoms with van der Waals surface area (Å²) >= 11 is 0. The van der Waals surface area contributed by atoms with Crippen LogP contribution in [0.1, 0.15) is 54.7 Å². The Balaban J connectivity index is 1.79. The Labute approximate surface area is 152 Å². The SMILES string of the molecule is Cc1nc([C@@H]2C[C@H](NC(=O)CC(C)C)CN2C(=O)c2cnn(C)c2)n[nH]1. The third-order valence-electron chi connectivity index (χ3n) is 4.39. The zero-order valence-corrected chi connectivity index (χ0v) is 15.6. The third kappa shape index (κ3) is 3.92. The molecule has 9 heteroatoms. The van der Waals surface area contributed by atoms with Crippen LogP contribution >= 0.6 is 0 Å². The van der Waals surface area contributed by atoms with Gasteiger partial charge in [0.2, 0.25) is 5.91 Å². The number of carbonyl (C=O) groups is 2. The second-order valence-electron chi connectivity index (χ2n) is 7.25. The van der Waals surface area contributed by atoms with Gasteiger partial charge in [0, 0.05) is 32.3 Å². The second kappa shape index (κ2) is 7.27. The largest absolute Gasteiger partial charge is 0.351 e. The quantitative estimate of drug-likeness (QED) is 0.827. The van der Waals surface area contributed by atoms with E-state index in [1.165, 1.54) is 0 Å². The van der Waals surface area contributed by atoms with Crippen molar-refractivity contribution in [2.45, 2.75) is 45.7 Å². The minimum absolute atomic E-state index is 0.00518. The summed E-state index contributed by atoms with van der Waals surface area (Å²) in [4.78, 5) is 31.2. The fourth-order valence-electron chi connectivity index (χ4n) is 3.27. The van der Waals surface area contributed by atoms with Crippen LogP contribution in [0.3, 0.4) is 0 Å². The van der Waals surface area contributed by atoms with Gasteiger partial charge in [0.05, 0.1) is 17.8 Å². The predicted molar refractivity (Wildman–Crippen MR) is 94.1 cm³/mol. The number of hydrogen-bond donors (Lipinski definition) is 2. The van der Waals surface area contributed by atoms with E-state index in [9.17, 15) is 9.59 Å². The van der Waals surface area contributed by atoms with E-state index in [1.807, 2.05) is 20.8 Å². The topological polar surface area (TPSA) is 109 Å². The van der Waals surface area contributed by atoms with Crippen molar-refractivity contribution >= 4 is 11.8 Å². The molecule has 9 nitrogen and oxygen atoms in total. The molecule has 0 radical (unpaired) electrons. The summed E-state index contributed by atoms with van der Waals surface area (Å²) < 4.78 is 1.59. The molecule has 3 heterocycles. The zero-order chi connectivity index (χ0) is 18.8. The molecule has 0 spiro atoms. The molecule has 1 fully saturated rings. The number of H-pyrrole nitrogens is 1. The van der Waals surface area contributed by atoms with Gasteiger partial charge in [-0.05, 0) is 19.3 Å². The average Bonchev–Trinajstić information content (AvgIpc) is 3.25. The number of amides is 2. The summed E-state index contributed by atoms with van der Waals surface area (Å²) in [5, 5.41) is 14.2. The lowest BCUT2D eigenvalue weighted by Crippen LogP contribution is -2.39. The number of carbonyl (C=O) groups excluding carboxylic acids is 2. The summed E-state index contributed by atoms with van der Waals surface area (Å²) in [6, 6.07) is -0.400. The maximum atomic E-state index is 13.0. The fraction of sp³-hybridized carbons (Fsp3) is 0.588. The fourth-order valence-corrected chi connectivity index (χ4v) is 3.27. The van der Waals surface area contributed by atoms with Gasteiger partial charge in [0.1, 0.15) is 5.82 Å². The van der Waals surface area contributed by atoms with Crippen LogP contribution in [0.4, 0.5) is 0 Å². The van der Waals surface area contributed by atoms with E-state index >= 15 is 0 Å². The molecule has 1 aliphatic heterocycles. The van der Waals surface area contributed by atoms with Crippen molar-refractivity contribution in [3.63, 3.8) is 0 Å². The first-order chi connectivity index (χ1) is 12.3. The Morgan fingerprint density at radius 2 is 2.19 bits per heavy atom. The first-order valence-electron chi connectivity index (χ1n) is 8.81. The van der Waals surface area contributed by atoms with Crippen molar-refractivity contribution in [3.8, 4) is 0 Å². The number of nitrogens with zero attached hydrogens (tertiary/aromatic N) is 5. The van der Waals surface area contributed by atoms with Gasteiger partial charge in [-0.3, -0.25) is 19.4 Å². The van der Waals surface area contributed by atoms with Crippen LogP contribution in [0, 0.1) is 12.8 Å². The number of likely N-dealkylation sites (tertiary alicyclic amines) is 1. The van der Waals surface area contributed by atoms with Gasteiger partial charge >= 0.3 is 0 Å². The monoisotopic (exact) mass is 359 g/mol. The Hall–Kier alpha value is -2.71. The molecule has 3 rings (SSSR count). The standard InChI is InChI=1S/C17H25N7O2/c1-10(2)5-15(25)20-13-6-14(16-19-11(3)21-22-16)24(9-13)17(26)12-7-18-23(4)8-12/h7-8,10,13-14H,5-6,9H2,1-4H3,(H,20,25)(H,19,21,22)/t13-,14-/m0/s1. The second-order valence-corrected chi connectivity index (χ2v) is 7.25. The van der Waals surface area contributed by atoms with Crippen molar-refractivity contribution in [2.24, 2.45) is 13.0 Å². The predicted octanol–water partition coefficient (Wildman–Crippen LogP) is 0.965. The maximum Gasteiger partial charge on any atom is 0.257 e. The molecular formula is C17H25N7O2. The first kappa shape index (κ1) is 18.1. The highest BCUT2D eigenvalue weighted by molar-refractivity contribution is 5.94. The Kier molecular flexibility index (Phi) is 5.06. The molecule has 0 saturated carbocycles. The number of nitrogens with one attached hydrogen (secondary N) is 2. The molecular weight excluding hydrogens is 334 g/mol. The molecule has 26 heavy (non-hydrogen) atoms. The summed E-state index contributed by atoms with van der Waals surface area (Å²) in [5.74, 6) is 1.43. The van der Waals surface area contributed by atoms with E-state index in [4.69, 9.17) is 0 Å². The van der Waals surface area contributed by atoms with Crippen LogP contribution in [-0.2, 0) is 11.8 Å². The molecule has 1 aliphatic rings. The highest BCUT2D eigenvalue weighted by Crippen LogP contribution is 2.31. The van der Waals surface area contributed by atoms with Gasteiger partial charge in [-0.25, -0.2) is 4.98 Å². The smallest absolute Gasteiger partial charge is 0.257 e. The van der Waals surface area contributed by atoms with Gasteiger partial charge in [0.25, 0.3) is 5.91 Å². The number of rotatable bonds is 5. The van der Waals surface area contributed by atoms with Crippen LogP contribution in [-0.4, -0.2) is 54.3 Å². The normalized spacial score (nSPS) is 20.0. The molecule has 2 amide bonds. The molecule has 1 saturated heterocycles. The highest BCUT2D eigenvalue weighted by Gasteiger charge is 2.39. The van der Waals surface area contributed by atoms with E-state index in [2.05, 4.69) is 25.6 Å². The number of aryl methyl sites for hydroxylation is 2. The molecule has 0 aliphatic carbocycles. The number of hydrogen-bond acceptors (Lipinski definition) is 5. The Morgan fingerprint density at radius 1 is 1.42 bits per heavy atom. The van der Waals surface area contributed by atoms with Gasteiger partial charge in [-0.2, -0.15) is 10.2 Å². The molecule has 2 atom stereocenters. The average molecular weight is 359 g/mol. The lowest BCUT2D eigenvalue weighted by atomic mass is 10.1. The van der Waals surface area contributed by atoms with Gasteiger partial charge in [-0.15, -0.1) is 0 Å². The molecule has 2 aromatic heterocycles. The molecule has 2 aromatic rings. The lowest BCUT2D eigenvalue weighted by molar-refractivity contribution is -0.122. The minimum atomic E-state index is -0.281. The Bertz CT molecular complexity index is 795. The van der Waals surface area contributed by atoms with E-state index in [0.717, 1.165) is 0 Å². The number of aromatic nitrogens is 5. The van der Waals surface area contributed by atoms with Crippen molar-refractivity contribution in [3.05, 3.63) is 29.6 Å². The third-order valence-corrected chi connectivity index (χ3v) is 4.39. The van der Waals surface area contributed by atoms with Crippen LogP contribution in [0.15, 0.2) is 12.4 Å². The van der Waals surface area contributed by atoms with E-state index in [-0.39, 0.29) is 29.8 Å². The zero-order valence-electron chi connectivity index (χ0n) is 15.6. The van der Waals surface area contributed by atoms with Gasteiger partial charge in [-0.1, -0.05) is 13.8 Å². The maximum absolute atomic E-state index is 13.0. The minimum Gasteiger partial charge on any atom is -0.351 e. The van der Waals surface area contributed by atoms with E-state index in [0.29, 0.717) is 36.6 Å². The number of aromatic amines is 1. The van der Waals surface area contributed by atoms with Crippen LogP contribution in [0.25, 0.3) is 0 Å². The molecule has 0 unspecified atom stereocenters. The summed E-state index contributed by atoms with van der Waals surface area (Å²) in [6.45, 7) is 6.26. The van der Waals surface area contributed by atoms with Crippen molar-refractivity contribution in [1.82, 2.24) is 35.2 Å².